The summed E-state index contributed by atoms with van der Waals surface area (Å²) in [5.74, 6) is 0.810. The standard InChI is InChI=1S/C17H19ClN4.C13H9Cl2N3.C4H11N.CH4.B/c1-2-3-10-19-16-15-14(20-17(18)21-16)9-11-22(15)12-13-7-5-4-6-8-13;14-12-11-10(16-13(15)17-12)6-7-18(11)8-9-4-2-1-3-5-9;1-2-3-4-5;;/h4-9,11H,2-3,10,12H2,1H3,(H,19,20,21);1-7H,8H2;2-5H2,1H3;1H4;. The number of rotatable bonds is 10. The molecule has 8 nitrogen and oxygen atoms in total. The zero-order chi connectivity index (χ0) is 32.0. The molecule has 0 saturated heterocycles. The summed E-state index contributed by atoms with van der Waals surface area (Å²) >= 11 is 17.9. The molecule has 12 heteroatoms. The Morgan fingerprint density at radius 2 is 1.15 bits per heavy atom. The third-order valence-corrected chi connectivity index (χ3v) is 7.50. The van der Waals surface area contributed by atoms with Crippen LogP contribution in [0.25, 0.3) is 22.1 Å². The van der Waals surface area contributed by atoms with Crippen LogP contribution in [-0.2, 0) is 13.1 Å². The van der Waals surface area contributed by atoms with Crippen molar-refractivity contribution in [1.29, 1.82) is 0 Å². The molecular weight excluding hydrogens is 650 g/mol. The zero-order valence-corrected chi connectivity index (χ0v) is 28.5. The van der Waals surface area contributed by atoms with E-state index in [1.165, 1.54) is 24.0 Å². The normalized spacial score (nSPS) is 10.3. The molecule has 0 unspecified atom stereocenters. The Labute approximate surface area is 295 Å². The zero-order valence-electron chi connectivity index (χ0n) is 26.2. The summed E-state index contributed by atoms with van der Waals surface area (Å²) in [6.07, 6.45) is 8.60. The van der Waals surface area contributed by atoms with Crippen LogP contribution in [0.2, 0.25) is 15.7 Å². The lowest BCUT2D eigenvalue weighted by molar-refractivity contribution is 0.807. The van der Waals surface area contributed by atoms with Gasteiger partial charge in [-0.1, -0.05) is 106 Å². The molecule has 0 amide bonds. The predicted molar refractivity (Wildman–Crippen MR) is 201 cm³/mol. The van der Waals surface area contributed by atoms with Gasteiger partial charge in [-0.05, 0) is 65.8 Å². The maximum absolute atomic E-state index is 6.12. The van der Waals surface area contributed by atoms with Gasteiger partial charge in [-0.2, -0.15) is 4.98 Å². The highest BCUT2D eigenvalue weighted by Gasteiger charge is 2.12. The van der Waals surface area contributed by atoms with E-state index in [4.69, 9.17) is 40.5 Å². The van der Waals surface area contributed by atoms with E-state index in [9.17, 15) is 0 Å². The summed E-state index contributed by atoms with van der Waals surface area (Å²) < 4.78 is 4.18. The predicted octanol–water partition coefficient (Wildman–Crippen LogP) is 9.13. The van der Waals surface area contributed by atoms with E-state index >= 15 is 0 Å². The molecule has 6 aromatic rings. The lowest BCUT2D eigenvalue weighted by Gasteiger charge is -2.11. The average Bonchev–Trinajstić information content (AvgIpc) is 3.63. The maximum atomic E-state index is 6.12. The number of halogens is 3. The molecule has 6 rings (SSSR count). The van der Waals surface area contributed by atoms with Gasteiger partial charge in [0.15, 0.2) is 11.0 Å². The number of aromatic nitrogens is 6. The second-order valence-corrected chi connectivity index (χ2v) is 11.4. The molecule has 2 aromatic carbocycles. The first-order valence-electron chi connectivity index (χ1n) is 15.2. The van der Waals surface area contributed by atoms with E-state index in [1.807, 2.05) is 53.4 Å². The van der Waals surface area contributed by atoms with E-state index < -0.39 is 0 Å². The number of nitrogens with two attached hydrogens (primary N) is 1. The van der Waals surface area contributed by atoms with Gasteiger partial charge < -0.3 is 20.2 Å². The molecule has 247 valence electrons. The monoisotopic (exact) mass is 691 g/mol. The number of hydrogen-bond acceptors (Lipinski definition) is 6. The first kappa shape index (κ1) is 39.6. The lowest BCUT2D eigenvalue weighted by atomic mass is 10.2. The smallest absolute Gasteiger partial charge is 0.225 e. The van der Waals surface area contributed by atoms with Crippen LogP contribution in [0.4, 0.5) is 5.82 Å². The van der Waals surface area contributed by atoms with Gasteiger partial charge in [0.05, 0.1) is 11.0 Å². The van der Waals surface area contributed by atoms with Gasteiger partial charge in [0.1, 0.15) is 11.0 Å². The van der Waals surface area contributed by atoms with Crippen LogP contribution in [0, 0.1) is 0 Å². The van der Waals surface area contributed by atoms with Gasteiger partial charge in [-0.3, -0.25) is 0 Å². The molecule has 4 heterocycles. The van der Waals surface area contributed by atoms with E-state index in [0.717, 1.165) is 66.9 Å². The van der Waals surface area contributed by atoms with Crippen LogP contribution in [0.1, 0.15) is 58.1 Å². The fraction of sp³-hybridized carbons (Fsp3) is 0.314. The van der Waals surface area contributed by atoms with Crippen molar-refractivity contribution in [3.05, 3.63) is 112 Å². The van der Waals surface area contributed by atoms with Gasteiger partial charge in [0, 0.05) is 40.4 Å². The van der Waals surface area contributed by atoms with Gasteiger partial charge in [0.25, 0.3) is 0 Å². The number of benzene rings is 2. The highest BCUT2D eigenvalue weighted by molar-refractivity contribution is 6.35. The molecule has 0 saturated carbocycles. The highest BCUT2D eigenvalue weighted by Crippen LogP contribution is 2.25. The number of unbranched alkanes of at least 4 members (excludes halogenated alkanes) is 2. The van der Waals surface area contributed by atoms with Crippen molar-refractivity contribution < 1.29 is 0 Å². The van der Waals surface area contributed by atoms with E-state index in [1.54, 1.807) is 0 Å². The summed E-state index contributed by atoms with van der Waals surface area (Å²) in [5, 5.41) is 4.22. The minimum Gasteiger partial charge on any atom is -0.368 e. The topological polar surface area (TPSA) is 99.5 Å². The van der Waals surface area contributed by atoms with Crippen LogP contribution in [0.15, 0.2) is 85.2 Å². The van der Waals surface area contributed by atoms with Crippen LogP contribution >= 0.6 is 34.8 Å². The third kappa shape index (κ3) is 11.5. The van der Waals surface area contributed by atoms with Crippen molar-refractivity contribution >= 4 is 71.1 Å². The maximum Gasteiger partial charge on any atom is 0.225 e. The molecule has 4 aromatic heterocycles. The van der Waals surface area contributed by atoms with Gasteiger partial charge in [-0.15, -0.1) is 0 Å². The second kappa shape index (κ2) is 20.6. The summed E-state index contributed by atoms with van der Waals surface area (Å²) in [7, 11) is 0. The summed E-state index contributed by atoms with van der Waals surface area (Å²) in [5.41, 5.74) is 11.0. The fourth-order valence-corrected chi connectivity index (χ4v) is 5.33. The van der Waals surface area contributed by atoms with E-state index in [2.05, 4.69) is 80.1 Å². The van der Waals surface area contributed by atoms with Crippen LogP contribution in [0.3, 0.4) is 0 Å². The number of nitrogens with zero attached hydrogens (tertiary/aromatic N) is 6. The molecule has 3 radical (unpaired) electrons. The molecule has 0 bridgehead atoms. The Bertz CT molecular complexity index is 1760. The van der Waals surface area contributed by atoms with Gasteiger partial charge >= 0.3 is 0 Å². The SMILES string of the molecule is C.CCCCN.CCCCNc1nc(Cl)nc2ccn(Cc3ccccc3)c12.Clc1nc(Cl)c2c(ccn2Cc2ccccc2)n1.[B]. The Balaban J connectivity index is 0.000000279. The van der Waals surface area contributed by atoms with Crippen molar-refractivity contribution in [3.8, 4) is 0 Å². The van der Waals surface area contributed by atoms with Crippen LogP contribution in [-0.4, -0.2) is 50.6 Å². The fourth-order valence-electron chi connectivity index (χ4n) is 4.65. The Morgan fingerprint density at radius 3 is 1.64 bits per heavy atom. The first-order valence-corrected chi connectivity index (χ1v) is 16.3. The minimum absolute atomic E-state index is 0. The Hall–Kier alpha value is -3.63. The molecule has 47 heavy (non-hydrogen) atoms. The molecule has 0 atom stereocenters. The number of fused-ring (bicyclic) bond motifs is 2. The minimum atomic E-state index is 0. The third-order valence-electron chi connectivity index (χ3n) is 6.90. The van der Waals surface area contributed by atoms with Crippen LogP contribution < -0.4 is 11.1 Å². The van der Waals surface area contributed by atoms with E-state index in [-0.39, 0.29) is 26.4 Å². The Kier molecular flexibility index (Phi) is 17.3. The van der Waals surface area contributed by atoms with Crippen molar-refractivity contribution in [1.82, 2.24) is 29.1 Å². The number of nitrogens with one attached hydrogen (secondary N) is 1. The van der Waals surface area contributed by atoms with Crippen LogP contribution in [0.5, 0.6) is 0 Å². The average molecular weight is 693 g/mol. The van der Waals surface area contributed by atoms with Crippen molar-refractivity contribution in [3.63, 3.8) is 0 Å². The molecule has 0 aliphatic rings. The lowest BCUT2D eigenvalue weighted by Crippen LogP contribution is -2.07. The first-order chi connectivity index (χ1) is 21.9. The number of hydrogen-bond donors (Lipinski definition) is 2. The number of anilines is 1. The molecule has 0 aliphatic carbocycles. The summed E-state index contributed by atoms with van der Waals surface area (Å²) in [6, 6.07) is 24.4. The molecule has 3 N–H and O–H groups in total. The molecule has 0 aliphatic heterocycles. The summed E-state index contributed by atoms with van der Waals surface area (Å²) in [4.78, 5) is 16.8. The van der Waals surface area contributed by atoms with Gasteiger partial charge in [-0.25, -0.2) is 15.0 Å². The highest BCUT2D eigenvalue weighted by atomic mass is 35.5. The van der Waals surface area contributed by atoms with Crippen molar-refractivity contribution in [2.75, 3.05) is 18.4 Å². The van der Waals surface area contributed by atoms with Crippen molar-refractivity contribution in [2.24, 2.45) is 5.73 Å². The second-order valence-electron chi connectivity index (χ2n) is 10.4. The largest absolute Gasteiger partial charge is 0.368 e. The molecule has 0 spiro atoms. The Morgan fingerprint density at radius 1 is 0.660 bits per heavy atom. The van der Waals surface area contributed by atoms with Gasteiger partial charge in [0.2, 0.25) is 10.6 Å². The molecular formula is C35H43BCl3N8. The quantitative estimate of drug-likeness (QED) is 0.0643. The van der Waals surface area contributed by atoms with Crippen molar-refractivity contribution in [2.45, 2.75) is 60.0 Å². The summed E-state index contributed by atoms with van der Waals surface area (Å²) in [6.45, 7) is 7.55. The molecule has 0 fully saturated rings. The van der Waals surface area contributed by atoms with E-state index in [0.29, 0.717) is 5.15 Å².